The molecule has 0 bridgehead atoms. The van der Waals surface area contributed by atoms with Crippen molar-refractivity contribution in [3.05, 3.63) is 12.2 Å². The van der Waals surface area contributed by atoms with Gasteiger partial charge in [0, 0.05) is 0 Å². The van der Waals surface area contributed by atoms with Gasteiger partial charge < -0.3 is 0 Å². The molecule has 0 aliphatic carbocycles. The van der Waals surface area contributed by atoms with Crippen LogP contribution in [0.15, 0.2) is 12.2 Å². The van der Waals surface area contributed by atoms with Gasteiger partial charge in [0.2, 0.25) is 0 Å². The molecule has 0 nitrogen and oxygen atoms in total. The lowest BCUT2D eigenvalue weighted by molar-refractivity contribution is 0.604. The Bertz CT molecular complexity index is 68.1. The van der Waals surface area contributed by atoms with Gasteiger partial charge in [0.05, 0.1) is 0 Å². The summed E-state index contributed by atoms with van der Waals surface area (Å²) in [4.78, 5) is 0. The molecule has 54 valence electrons. The van der Waals surface area contributed by atoms with Crippen molar-refractivity contribution in [2.75, 3.05) is 0 Å². The van der Waals surface area contributed by atoms with Gasteiger partial charge in [-0.2, -0.15) is 0 Å². The largest absolute Gasteiger partial charge is 0.0885 e. The van der Waals surface area contributed by atoms with Crippen molar-refractivity contribution in [3.63, 3.8) is 0 Å². The Morgan fingerprint density at radius 1 is 1.11 bits per heavy atom. The minimum absolute atomic E-state index is 0.824. The molecule has 0 spiro atoms. The highest BCUT2D eigenvalue weighted by Gasteiger charge is 1.94. The van der Waals surface area contributed by atoms with Crippen LogP contribution in [0.1, 0.15) is 40.0 Å². The van der Waals surface area contributed by atoms with Crippen LogP contribution in [0.2, 0.25) is 0 Å². The summed E-state index contributed by atoms with van der Waals surface area (Å²) in [5.41, 5.74) is 0. The fraction of sp³-hybridized carbons (Fsp3) is 0.778. The summed E-state index contributed by atoms with van der Waals surface area (Å²) in [6.45, 7) is 6.67. The Morgan fingerprint density at radius 3 is 2.00 bits per heavy atom. The van der Waals surface area contributed by atoms with Crippen LogP contribution in [0, 0.1) is 5.92 Å². The average molecular weight is 126 g/mol. The van der Waals surface area contributed by atoms with E-state index in [9.17, 15) is 0 Å². The van der Waals surface area contributed by atoms with Crippen molar-refractivity contribution >= 4 is 0 Å². The molecule has 0 aromatic carbocycles. The average Bonchev–Trinajstić information content (AvgIpc) is 1.91. The second-order valence-electron chi connectivity index (χ2n) is 2.41. The smallest absolute Gasteiger partial charge is 0.0239 e. The van der Waals surface area contributed by atoms with Gasteiger partial charge in [-0.15, -0.1) is 0 Å². The summed E-state index contributed by atoms with van der Waals surface area (Å²) in [7, 11) is 0. The van der Waals surface area contributed by atoms with E-state index in [4.69, 9.17) is 0 Å². The van der Waals surface area contributed by atoms with Gasteiger partial charge >= 0.3 is 0 Å². The summed E-state index contributed by atoms with van der Waals surface area (Å²) in [5.74, 6) is 0.824. The van der Waals surface area contributed by atoms with Gasteiger partial charge in [-0.3, -0.25) is 0 Å². The third-order valence-corrected chi connectivity index (χ3v) is 1.69. The van der Waals surface area contributed by atoms with Crippen LogP contribution in [0.4, 0.5) is 0 Å². The van der Waals surface area contributed by atoms with Crippen molar-refractivity contribution in [3.8, 4) is 0 Å². The monoisotopic (exact) mass is 126 g/mol. The molecule has 0 radical (unpaired) electrons. The molecule has 0 heteroatoms. The van der Waals surface area contributed by atoms with Crippen LogP contribution in [-0.2, 0) is 0 Å². The van der Waals surface area contributed by atoms with E-state index < -0.39 is 0 Å². The second-order valence-corrected chi connectivity index (χ2v) is 2.41. The van der Waals surface area contributed by atoms with Crippen LogP contribution in [0.25, 0.3) is 0 Å². The molecule has 0 saturated heterocycles. The van der Waals surface area contributed by atoms with E-state index in [1.807, 2.05) is 0 Å². The summed E-state index contributed by atoms with van der Waals surface area (Å²) < 4.78 is 0. The highest BCUT2D eigenvalue weighted by atomic mass is 14.0. The minimum Gasteiger partial charge on any atom is -0.0885 e. The topological polar surface area (TPSA) is 0 Å². The zero-order valence-electron chi connectivity index (χ0n) is 6.85. The van der Waals surface area contributed by atoms with Crippen molar-refractivity contribution in [2.45, 2.75) is 40.0 Å². The SMILES string of the molecule is CCC=CC(CC)CC. The standard InChI is InChI=1S/C9H18/c1-4-7-8-9(5-2)6-3/h7-9H,4-6H2,1-3H3. The van der Waals surface area contributed by atoms with E-state index in [1.54, 1.807) is 0 Å². The van der Waals surface area contributed by atoms with E-state index in [0.29, 0.717) is 0 Å². The Kier molecular flexibility index (Phi) is 5.70. The van der Waals surface area contributed by atoms with Crippen LogP contribution in [-0.4, -0.2) is 0 Å². The fourth-order valence-corrected chi connectivity index (χ4v) is 0.889. The molecular formula is C9H18. The third kappa shape index (κ3) is 4.26. The Morgan fingerprint density at radius 2 is 1.67 bits per heavy atom. The molecule has 0 aliphatic heterocycles. The highest BCUT2D eigenvalue weighted by Crippen LogP contribution is 2.08. The molecule has 9 heavy (non-hydrogen) atoms. The number of allylic oxidation sites excluding steroid dienone is 2. The molecule has 0 saturated carbocycles. The van der Waals surface area contributed by atoms with Gasteiger partial charge in [0.25, 0.3) is 0 Å². The van der Waals surface area contributed by atoms with E-state index >= 15 is 0 Å². The van der Waals surface area contributed by atoms with Crippen LogP contribution in [0.5, 0.6) is 0 Å². The zero-order chi connectivity index (χ0) is 7.11. The molecule has 0 aromatic heterocycles. The van der Waals surface area contributed by atoms with Crippen LogP contribution >= 0.6 is 0 Å². The summed E-state index contributed by atoms with van der Waals surface area (Å²) in [6, 6.07) is 0. The number of rotatable bonds is 4. The van der Waals surface area contributed by atoms with Crippen LogP contribution < -0.4 is 0 Å². The first-order valence-corrected chi connectivity index (χ1v) is 4.01. The van der Waals surface area contributed by atoms with Gasteiger partial charge in [-0.05, 0) is 25.2 Å². The summed E-state index contributed by atoms with van der Waals surface area (Å²) in [5, 5.41) is 0. The lowest BCUT2D eigenvalue weighted by Gasteiger charge is -2.03. The third-order valence-electron chi connectivity index (χ3n) is 1.69. The summed E-state index contributed by atoms with van der Waals surface area (Å²) >= 11 is 0. The molecule has 0 N–H and O–H groups in total. The fourth-order valence-electron chi connectivity index (χ4n) is 0.889. The Hall–Kier alpha value is -0.260. The number of hydrogen-bond acceptors (Lipinski definition) is 0. The maximum Gasteiger partial charge on any atom is -0.0239 e. The summed E-state index contributed by atoms with van der Waals surface area (Å²) in [6.07, 6.45) is 8.34. The van der Waals surface area contributed by atoms with Crippen molar-refractivity contribution in [1.29, 1.82) is 0 Å². The molecule has 0 aliphatic rings. The highest BCUT2D eigenvalue weighted by molar-refractivity contribution is 4.85. The first-order valence-electron chi connectivity index (χ1n) is 4.01. The Balaban J connectivity index is 3.41. The molecule has 0 unspecified atom stereocenters. The predicted octanol–water partition coefficient (Wildman–Crippen LogP) is 3.39. The molecule has 0 aromatic rings. The molecule has 0 heterocycles. The Labute approximate surface area is 59.0 Å². The lowest BCUT2D eigenvalue weighted by Crippen LogP contribution is -1.89. The predicted molar refractivity (Wildman–Crippen MR) is 43.5 cm³/mol. The first-order chi connectivity index (χ1) is 4.35. The maximum atomic E-state index is 2.33. The second kappa shape index (κ2) is 5.87. The minimum atomic E-state index is 0.824. The quantitative estimate of drug-likeness (QED) is 0.506. The molecule has 0 atom stereocenters. The van der Waals surface area contributed by atoms with Crippen molar-refractivity contribution < 1.29 is 0 Å². The van der Waals surface area contributed by atoms with Gasteiger partial charge in [-0.25, -0.2) is 0 Å². The molecular weight excluding hydrogens is 108 g/mol. The van der Waals surface area contributed by atoms with Gasteiger partial charge in [0.1, 0.15) is 0 Å². The molecule has 0 rings (SSSR count). The van der Waals surface area contributed by atoms with Gasteiger partial charge in [0.15, 0.2) is 0 Å². The first kappa shape index (κ1) is 8.74. The van der Waals surface area contributed by atoms with E-state index in [2.05, 4.69) is 32.9 Å². The van der Waals surface area contributed by atoms with E-state index in [1.165, 1.54) is 19.3 Å². The van der Waals surface area contributed by atoms with Crippen molar-refractivity contribution in [2.24, 2.45) is 5.92 Å². The zero-order valence-corrected chi connectivity index (χ0v) is 6.85. The maximum absolute atomic E-state index is 2.33. The van der Waals surface area contributed by atoms with Crippen molar-refractivity contribution in [1.82, 2.24) is 0 Å². The van der Waals surface area contributed by atoms with E-state index in [-0.39, 0.29) is 0 Å². The molecule has 0 amide bonds. The lowest BCUT2D eigenvalue weighted by atomic mass is 10.0. The molecule has 0 fully saturated rings. The number of hydrogen-bond donors (Lipinski definition) is 0. The van der Waals surface area contributed by atoms with Gasteiger partial charge in [-0.1, -0.05) is 32.9 Å². The van der Waals surface area contributed by atoms with Crippen LogP contribution in [0.3, 0.4) is 0 Å². The van der Waals surface area contributed by atoms with E-state index in [0.717, 1.165) is 5.92 Å². The normalized spacial score (nSPS) is 11.6.